The quantitative estimate of drug-likeness (QED) is 0.286. The molecule has 9 nitrogen and oxygen atoms in total. The lowest BCUT2D eigenvalue weighted by atomic mass is 10.1. The number of aliphatic hydroxyl groups excluding tert-OH is 1. The molecule has 1 aromatic rings. The number of phosphoric ester groups is 1. The van der Waals surface area contributed by atoms with E-state index >= 15 is 0 Å². The zero-order valence-corrected chi connectivity index (χ0v) is 10.1. The van der Waals surface area contributed by atoms with Crippen molar-refractivity contribution in [3.05, 3.63) is 23.0 Å². The topological polar surface area (TPSA) is 172 Å². The fourth-order valence-electron chi connectivity index (χ4n) is 1.35. The van der Waals surface area contributed by atoms with Crippen molar-refractivity contribution in [2.24, 2.45) is 11.5 Å². The molecule has 0 radical (unpaired) electrons. The van der Waals surface area contributed by atoms with Gasteiger partial charge in [0.25, 0.3) is 0 Å². The van der Waals surface area contributed by atoms with Crippen LogP contribution in [0.25, 0.3) is 0 Å². The van der Waals surface area contributed by atoms with E-state index in [9.17, 15) is 9.67 Å². The molecule has 10 heteroatoms. The van der Waals surface area contributed by atoms with Gasteiger partial charge in [-0.2, -0.15) is 0 Å². The molecule has 0 bridgehead atoms. The Kier molecular flexibility index (Phi) is 4.77. The molecule has 18 heavy (non-hydrogen) atoms. The summed E-state index contributed by atoms with van der Waals surface area (Å²) in [6.07, 6.45) is 0.0665. The van der Waals surface area contributed by atoms with Gasteiger partial charge in [0, 0.05) is 17.3 Å². The molecular formula is C8H14N3O6P. The number of nitrogens with zero attached hydrogens (tertiary/aromatic N) is 1. The Labute approximate surface area is 102 Å². The Morgan fingerprint density at radius 3 is 2.50 bits per heavy atom. The first kappa shape index (κ1) is 15.0. The zero-order valence-electron chi connectivity index (χ0n) is 9.22. The minimum absolute atomic E-state index is 0.0162. The zero-order chi connectivity index (χ0) is 13.9. The first-order chi connectivity index (χ1) is 8.26. The van der Waals surface area contributed by atoms with Gasteiger partial charge in [0.15, 0.2) is 0 Å². The van der Waals surface area contributed by atoms with Crippen LogP contribution in [0.3, 0.4) is 0 Å². The lowest BCUT2D eigenvalue weighted by Crippen LogP contribution is -2.23. The third-order valence-corrected chi connectivity index (χ3v) is 2.59. The maximum Gasteiger partial charge on any atom is 0.469 e. The molecule has 0 fully saturated rings. The number of pyridine rings is 1. The molecule has 102 valence electrons. The van der Waals surface area contributed by atoms with Crippen LogP contribution in [0.5, 0.6) is 5.75 Å². The summed E-state index contributed by atoms with van der Waals surface area (Å²) in [6, 6.07) is 0. The van der Waals surface area contributed by atoms with E-state index in [4.69, 9.17) is 26.4 Å². The molecule has 0 unspecified atom stereocenters. The average Bonchev–Trinajstić information content (AvgIpc) is 2.24. The first-order valence-corrected chi connectivity index (χ1v) is 6.31. The van der Waals surface area contributed by atoms with Crippen LogP contribution in [0, 0.1) is 0 Å². The maximum absolute atomic E-state index is 10.6. The molecule has 0 aliphatic rings. The van der Waals surface area contributed by atoms with Crippen LogP contribution >= 0.6 is 7.82 Å². The van der Waals surface area contributed by atoms with Crippen molar-refractivity contribution in [1.29, 1.82) is 0 Å². The van der Waals surface area contributed by atoms with Crippen molar-refractivity contribution >= 4 is 7.82 Å². The van der Waals surface area contributed by atoms with E-state index in [0.29, 0.717) is 0 Å². The molecule has 1 aromatic heterocycles. The molecule has 1 rings (SSSR count). The van der Waals surface area contributed by atoms with Gasteiger partial charge in [0.05, 0.1) is 19.4 Å². The second-order valence-corrected chi connectivity index (χ2v) is 4.68. The Morgan fingerprint density at radius 1 is 1.44 bits per heavy atom. The second kappa shape index (κ2) is 5.72. The van der Waals surface area contributed by atoms with Crippen LogP contribution in [-0.4, -0.2) is 25.0 Å². The first-order valence-electron chi connectivity index (χ1n) is 4.78. The molecule has 0 saturated heterocycles. The van der Waals surface area contributed by atoms with E-state index in [1.54, 1.807) is 0 Å². The Hall–Kier alpha value is -1.06. The highest BCUT2D eigenvalue weighted by Crippen LogP contribution is 2.38. The molecule has 0 spiro atoms. The van der Waals surface area contributed by atoms with Gasteiger partial charge in [0.1, 0.15) is 11.4 Å². The summed E-state index contributed by atoms with van der Waals surface area (Å²) in [5.41, 5.74) is 11.0. The Morgan fingerprint density at radius 2 is 2.06 bits per heavy atom. The van der Waals surface area contributed by atoms with Crippen LogP contribution < -0.4 is 11.5 Å². The van der Waals surface area contributed by atoms with Crippen molar-refractivity contribution in [3.63, 3.8) is 0 Å². The number of aromatic nitrogens is 1. The third-order valence-electron chi connectivity index (χ3n) is 2.12. The van der Waals surface area contributed by atoms with E-state index < -0.39 is 33.0 Å². The molecule has 0 atom stereocenters. The molecule has 0 aliphatic heterocycles. The predicted molar refractivity (Wildman–Crippen MR) is 59.8 cm³/mol. The molecule has 0 amide bonds. The van der Waals surface area contributed by atoms with Gasteiger partial charge in [-0.15, -0.1) is 0 Å². The van der Waals surface area contributed by atoms with Crippen LogP contribution in [-0.2, 0) is 22.3 Å². The highest BCUT2D eigenvalue weighted by Gasteiger charge is 2.20. The van der Waals surface area contributed by atoms with Gasteiger partial charge in [-0.25, -0.2) is 4.57 Å². The number of phosphoric acid groups is 1. The monoisotopic (exact) mass is 279 g/mol. The largest absolute Gasteiger partial charge is 0.506 e. The fourth-order valence-corrected chi connectivity index (χ4v) is 1.66. The highest BCUT2D eigenvalue weighted by molar-refractivity contribution is 7.46. The van der Waals surface area contributed by atoms with Gasteiger partial charge in [-0.1, -0.05) is 0 Å². The summed E-state index contributed by atoms with van der Waals surface area (Å²) >= 11 is 0. The smallest absolute Gasteiger partial charge is 0.469 e. The predicted octanol–water partition coefficient (Wildman–Crippen LogP) is -1.20. The van der Waals surface area contributed by atoms with Gasteiger partial charge < -0.3 is 31.5 Å². The Balaban J connectivity index is 3.12. The van der Waals surface area contributed by atoms with Gasteiger partial charge >= 0.3 is 7.82 Å². The summed E-state index contributed by atoms with van der Waals surface area (Å²) < 4.78 is 14.9. The Bertz CT molecular complexity index is 474. The average molecular weight is 279 g/mol. The minimum Gasteiger partial charge on any atom is -0.506 e. The molecular weight excluding hydrogens is 265 g/mol. The van der Waals surface area contributed by atoms with Crippen LogP contribution in [0.2, 0.25) is 0 Å². The van der Waals surface area contributed by atoms with Crippen LogP contribution in [0.4, 0.5) is 0 Å². The van der Waals surface area contributed by atoms with Crippen molar-refractivity contribution < 1.29 is 29.1 Å². The number of hydrogen-bond donors (Lipinski definition) is 6. The van der Waals surface area contributed by atoms with E-state index in [2.05, 4.69) is 9.51 Å². The maximum atomic E-state index is 10.6. The normalized spacial score (nSPS) is 12.1. The minimum atomic E-state index is -4.66. The lowest BCUT2D eigenvalue weighted by molar-refractivity contribution is 0.187. The fraction of sp³-hybridized carbons (Fsp3) is 0.375. The SMILES string of the molecule is NC(N)c1c(COP(=O)(O)O)cnc(CO)c1O. The molecule has 8 N–H and O–H groups in total. The summed E-state index contributed by atoms with van der Waals surface area (Å²) in [5, 5.41) is 18.7. The molecule has 1 heterocycles. The number of aliphatic hydroxyl groups is 1. The summed E-state index contributed by atoms with van der Waals surface area (Å²) in [7, 11) is -4.66. The van der Waals surface area contributed by atoms with Gasteiger partial charge in [-0.3, -0.25) is 9.51 Å². The third kappa shape index (κ3) is 3.72. The van der Waals surface area contributed by atoms with E-state index in [1.165, 1.54) is 6.20 Å². The summed E-state index contributed by atoms with van der Waals surface area (Å²) in [5.74, 6) is -0.417. The molecule has 0 aromatic carbocycles. The number of rotatable bonds is 5. The van der Waals surface area contributed by atoms with Gasteiger partial charge in [0.2, 0.25) is 0 Å². The summed E-state index contributed by atoms with van der Waals surface area (Å²) in [4.78, 5) is 20.9. The van der Waals surface area contributed by atoms with Crippen molar-refractivity contribution in [2.75, 3.05) is 0 Å². The molecule has 0 aliphatic carbocycles. The summed E-state index contributed by atoms with van der Waals surface area (Å²) in [6.45, 7) is -1.04. The standard InChI is InChI=1S/C8H14N3O6P/c9-8(10)6-4(3-17-18(14,15)16)1-11-5(2-12)7(6)13/h1,8,12-13H,2-3,9-10H2,(H2,14,15,16). The lowest BCUT2D eigenvalue weighted by Gasteiger charge is -2.16. The second-order valence-electron chi connectivity index (χ2n) is 3.44. The molecule has 0 saturated carbocycles. The number of hydrogen-bond acceptors (Lipinski definition) is 7. The van der Waals surface area contributed by atoms with Crippen molar-refractivity contribution in [3.8, 4) is 5.75 Å². The van der Waals surface area contributed by atoms with E-state index in [0.717, 1.165) is 0 Å². The van der Waals surface area contributed by atoms with E-state index in [-0.39, 0.29) is 16.8 Å². The van der Waals surface area contributed by atoms with Gasteiger partial charge in [-0.05, 0) is 0 Å². The number of nitrogens with two attached hydrogens (primary N) is 2. The van der Waals surface area contributed by atoms with E-state index in [1.807, 2.05) is 0 Å². The van der Waals surface area contributed by atoms with Crippen molar-refractivity contribution in [1.82, 2.24) is 4.98 Å². The number of aromatic hydroxyl groups is 1. The highest BCUT2D eigenvalue weighted by atomic mass is 31.2. The van der Waals surface area contributed by atoms with Crippen LogP contribution in [0.1, 0.15) is 23.0 Å². The van der Waals surface area contributed by atoms with Crippen LogP contribution in [0.15, 0.2) is 6.20 Å². The van der Waals surface area contributed by atoms with Crippen molar-refractivity contribution in [2.45, 2.75) is 19.4 Å².